The van der Waals surface area contributed by atoms with Crippen LogP contribution in [0.25, 0.3) is 0 Å². The molecule has 1 aliphatic heterocycles. The van der Waals surface area contributed by atoms with Crippen molar-refractivity contribution in [2.24, 2.45) is 0 Å². The summed E-state index contributed by atoms with van der Waals surface area (Å²) in [5, 5.41) is 4.95. The van der Waals surface area contributed by atoms with Gasteiger partial charge in [0.05, 0.1) is 0 Å². The van der Waals surface area contributed by atoms with Crippen LogP contribution in [0.3, 0.4) is 0 Å². The number of amides is 2. The highest BCUT2D eigenvalue weighted by Gasteiger charge is 2.31. The lowest BCUT2D eigenvalue weighted by Gasteiger charge is -2.22. The van der Waals surface area contributed by atoms with Crippen LogP contribution >= 0.6 is 11.3 Å². The van der Waals surface area contributed by atoms with Gasteiger partial charge in [0.2, 0.25) is 11.8 Å². The Morgan fingerprint density at radius 2 is 2.39 bits per heavy atom. The molecular formula is C13H18N2O2S. The molecule has 2 heterocycles. The van der Waals surface area contributed by atoms with Crippen LogP contribution in [0.5, 0.6) is 0 Å². The van der Waals surface area contributed by atoms with Gasteiger partial charge in [-0.1, -0.05) is 6.07 Å². The van der Waals surface area contributed by atoms with Gasteiger partial charge in [-0.15, -0.1) is 11.3 Å². The largest absolute Gasteiger partial charge is 0.354 e. The van der Waals surface area contributed by atoms with Gasteiger partial charge in [0, 0.05) is 24.9 Å². The quantitative estimate of drug-likeness (QED) is 0.896. The van der Waals surface area contributed by atoms with Crippen LogP contribution < -0.4 is 5.32 Å². The number of carbonyl (C=O) groups excluding carboxylic acids is 2. The lowest BCUT2D eigenvalue weighted by atomic mass is 10.2. The molecule has 1 N–H and O–H groups in total. The molecule has 0 unspecified atom stereocenters. The summed E-state index contributed by atoms with van der Waals surface area (Å²) >= 11 is 1.70. The summed E-state index contributed by atoms with van der Waals surface area (Å²) in [5.74, 6) is -0.0230. The molecule has 1 aromatic rings. The van der Waals surface area contributed by atoms with Crippen LogP contribution in [0, 0.1) is 0 Å². The number of hydrogen-bond acceptors (Lipinski definition) is 3. The maximum Gasteiger partial charge on any atom is 0.242 e. The van der Waals surface area contributed by atoms with E-state index in [2.05, 4.69) is 11.4 Å². The van der Waals surface area contributed by atoms with Crippen LogP contribution in [-0.2, 0) is 16.0 Å². The summed E-state index contributed by atoms with van der Waals surface area (Å²) in [7, 11) is 0. The Hall–Kier alpha value is -1.36. The van der Waals surface area contributed by atoms with Gasteiger partial charge < -0.3 is 10.2 Å². The normalized spacial score (nSPS) is 18.9. The third-order valence-electron chi connectivity index (χ3n) is 3.21. The Bertz CT molecular complexity index is 417. The van der Waals surface area contributed by atoms with E-state index >= 15 is 0 Å². The number of thiophene rings is 1. The molecular weight excluding hydrogens is 248 g/mol. The number of nitrogens with zero attached hydrogens (tertiary/aromatic N) is 1. The van der Waals surface area contributed by atoms with Crippen molar-refractivity contribution in [2.45, 2.75) is 32.2 Å². The molecule has 1 saturated heterocycles. The average Bonchev–Trinajstić information content (AvgIpc) is 2.99. The van der Waals surface area contributed by atoms with E-state index in [-0.39, 0.29) is 17.9 Å². The van der Waals surface area contributed by atoms with E-state index in [0.29, 0.717) is 13.1 Å². The van der Waals surface area contributed by atoms with Gasteiger partial charge >= 0.3 is 0 Å². The molecule has 0 radical (unpaired) electrons. The van der Waals surface area contributed by atoms with E-state index in [1.54, 1.807) is 16.2 Å². The summed E-state index contributed by atoms with van der Waals surface area (Å²) in [5.41, 5.74) is 0. The maximum absolute atomic E-state index is 12.0. The Morgan fingerprint density at radius 1 is 1.56 bits per heavy atom. The first-order valence-corrected chi connectivity index (χ1v) is 7.14. The Balaban J connectivity index is 1.79. The van der Waals surface area contributed by atoms with E-state index in [4.69, 9.17) is 0 Å². The highest BCUT2D eigenvalue weighted by atomic mass is 32.1. The van der Waals surface area contributed by atoms with Crippen molar-refractivity contribution >= 4 is 23.2 Å². The smallest absolute Gasteiger partial charge is 0.242 e. The topological polar surface area (TPSA) is 49.4 Å². The predicted molar refractivity (Wildman–Crippen MR) is 71.4 cm³/mol. The van der Waals surface area contributed by atoms with E-state index in [9.17, 15) is 9.59 Å². The van der Waals surface area contributed by atoms with Gasteiger partial charge in [0.15, 0.2) is 0 Å². The van der Waals surface area contributed by atoms with Crippen LogP contribution in [0.2, 0.25) is 0 Å². The zero-order chi connectivity index (χ0) is 13.0. The molecule has 5 heteroatoms. The average molecular weight is 266 g/mol. The number of nitrogens with one attached hydrogen (secondary N) is 1. The van der Waals surface area contributed by atoms with Gasteiger partial charge in [0.25, 0.3) is 0 Å². The molecule has 1 atom stereocenters. The van der Waals surface area contributed by atoms with E-state index in [0.717, 1.165) is 19.3 Å². The van der Waals surface area contributed by atoms with Gasteiger partial charge in [-0.05, 0) is 30.7 Å². The zero-order valence-electron chi connectivity index (χ0n) is 10.5. The molecule has 2 amide bonds. The first kappa shape index (κ1) is 13.1. The second-order valence-electron chi connectivity index (χ2n) is 4.49. The third kappa shape index (κ3) is 3.10. The number of carbonyl (C=O) groups is 2. The summed E-state index contributed by atoms with van der Waals surface area (Å²) < 4.78 is 0. The van der Waals surface area contributed by atoms with Gasteiger partial charge in [-0.25, -0.2) is 0 Å². The van der Waals surface area contributed by atoms with Gasteiger partial charge in [0.1, 0.15) is 6.04 Å². The minimum atomic E-state index is -0.258. The maximum atomic E-state index is 12.0. The van der Waals surface area contributed by atoms with Gasteiger partial charge in [-0.2, -0.15) is 0 Å². The summed E-state index contributed by atoms with van der Waals surface area (Å²) in [6.07, 6.45) is 2.56. The molecule has 1 aromatic heterocycles. The summed E-state index contributed by atoms with van der Waals surface area (Å²) in [6, 6.07) is 3.82. The molecule has 1 fully saturated rings. The van der Waals surface area contributed by atoms with Crippen LogP contribution in [0.4, 0.5) is 0 Å². The molecule has 1 aliphatic rings. The minimum absolute atomic E-state index is 0.00842. The molecule has 0 bridgehead atoms. The second-order valence-corrected chi connectivity index (χ2v) is 5.52. The van der Waals surface area contributed by atoms with Crippen molar-refractivity contribution < 1.29 is 9.59 Å². The first-order chi connectivity index (χ1) is 8.68. The monoisotopic (exact) mass is 266 g/mol. The van der Waals surface area contributed by atoms with E-state index in [1.165, 1.54) is 11.8 Å². The van der Waals surface area contributed by atoms with Crippen molar-refractivity contribution in [3.8, 4) is 0 Å². The lowest BCUT2D eigenvalue weighted by Crippen LogP contribution is -2.45. The molecule has 2 rings (SSSR count). The lowest BCUT2D eigenvalue weighted by molar-refractivity contribution is -0.136. The Morgan fingerprint density at radius 3 is 3.06 bits per heavy atom. The first-order valence-electron chi connectivity index (χ1n) is 6.26. The highest BCUT2D eigenvalue weighted by Crippen LogP contribution is 2.17. The second kappa shape index (κ2) is 6.00. The molecule has 0 aromatic carbocycles. The standard InChI is InChI=1S/C13H18N2O2S/c1-10(16)15-8-2-5-12(15)13(17)14-7-6-11-4-3-9-18-11/h3-4,9,12H,2,5-8H2,1H3,(H,14,17)/t12-/m1/s1. The predicted octanol–water partition coefficient (Wildman–Crippen LogP) is 1.42. The third-order valence-corrected chi connectivity index (χ3v) is 4.15. The van der Waals surface area contributed by atoms with Gasteiger partial charge in [-0.3, -0.25) is 9.59 Å². The SMILES string of the molecule is CC(=O)N1CCC[C@@H]1C(=O)NCCc1cccs1. The molecule has 4 nitrogen and oxygen atoms in total. The Kier molecular flexibility index (Phi) is 4.36. The zero-order valence-corrected chi connectivity index (χ0v) is 11.3. The number of rotatable bonds is 4. The number of likely N-dealkylation sites (tertiary alicyclic amines) is 1. The molecule has 0 saturated carbocycles. The minimum Gasteiger partial charge on any atom is -0.354 e. The van der Waals surface area contributed by atoms with Crippen molar-refractivity contribution in [1.82, 2.24) is 10.2 Å². The summed E-state index contributed by atoms with van der Waals surface area (Å²) in [4.78, 5) is 26.3. The fraction of sp³-hybridized carbons (Fsp3) is 0.538. The van der Waals surface area contributed by atoms with Crippen LogP contribution in [0.1, 0.15) is 24.6 Å². The van der Waals surface area contributed by atoms with Crippen LogP contribution in [-0.4, -0.2) is 35.8 Å². The fourth-order valence-corrected chi connectivity index (χ4v) is 3.01. The van der Waals surface area contributed by atoms with E-state index < -0.39 is 0 Å². The number of hydrogen-bond donors (Lipinski definition) is 1. The fourth-order valence-electron chi connectivity index (χ4n) is 2.30. The van der Waals surface area contributed by atoms with Crippen molar-refractivity contribution in [2.75, 3.05) is 13.1 Å². The summed E-state index contributed by atoms with van der Waals surface area (Å²) in [6.45, 7) is 2.87. The molecule has 18 heavy (non-hydrogen) atoms. The van der Waals surface area contributed by atoms with E-state index in [1.807, 2.05) is 11.4 Å². The van der Waals surface area contributed by atoms with Crippen LogP contribution in [0.15, 0.2) is 17.5 Å². The Labute approximate surface area is 111 Å². The van der Waals surface area contributed by atoms with Crippen molar-refractivity contribution in [3.63, 3.8) is 0 Å². The van der Waals surface area contributed by atoms with Crippen molar-refractivity contribution in [3.05, 3.63) is 22.4 Å². The molecule has 0 spiro atoms. The van der Waals surface area contributed by atoms with Crippen molar-refractivity contribution in [1.29, 1.82) is 0 Å². The highest BCUT2D eigenvalue weighted by molar-refractivity contribution is 7.09. The molecule has 0 aliphatic carbocycles. The molecule has 98 valence electrons.